The Morgan fingerprint density at radius 1 is 1.50 bits per heavy atom. The van der Waals surface area contributed by atoms with Crippen LogP contribution in [-0.4, -0.2) is 15.9 Å². The SMILES string of the molecule is Cc1cc(Cl)nc(NC(=O)c2ccoc2)n1. The molecule has 2 heterocycles. The summed E-state index contributed by atoms with van der Waals surface area (Å²) >= 11 is 5.74. The van der Waals surface area contributed by atoms with Gasteiger partial charge >= 0.3 is 0 Å². The first-order chi connectivity index (χ1) is 7.65. The zero-order valence-corrected chi connectivity index (χ0v) is 9.15. The number of halogens is 1. The van der Waals surface area contributed by atoms with Gasteiger partial charge in [-0.15, -0.1) is 0 Å². The van der Waals surface area contributed by atoms with Gasteiger partial charge in [0.25, 0.3) is 5.91 Å². The first kappa shape index (κ1) is 10.6. The van der Waals surface area contributed by atoms with Gasteiger partial charge in [0.15, 0.2) is 0 Å². The van der Waals surface area contributed by atoms with Crippen molar-refractivity contribution >= 4 is 23.5 Å². The molecular weight excluding hydrogens is 230 g/mol. The molecule has 0 aliphatic rings. The van der Waals surface area contributed by atoms with E-state index in [0.717, 1.165) is 0 Å². The van der Waals surface area contributed by atoms with Crippen LogP contribution in [0.3, 0.4) is 0 Å². The van der Waals surface area contributed by atoms with Gasteiger partial charge in [-0.2, -0.15) is 0 Å². The van der Waals surface area contributed by atoms with Crippen molar-refractivity contribution < 1.29 is 9.21 Å². The normalized spacial score (nSPS) is 10.1. The molecule has 0 aliphatic heterocycles. The summed E-state index contributed by atoms with van der Waals surface area (Å²) in [6.45, 7) is 1.76. The second-order valence-electron chi connectivity index (χ2n) is 3.12. The fraction of sp³-hybridized carbons (Fsp3) is 0.100. The molecule has 0 saturated heterocycles. The van der Waals surface area contributed by atoms with Crippen molar-refractivity contribution in [1.82, 2.24) is 9.97 Å². The summed E-state index contributed by atoms with van der Waals surface area (Å²) in [6.07, 6.45) is 2.76. The van der Waals surface area contributed by atoms with Gasteiger partial charge in [0.05, 0.1) is 11.8 Å². The van der Waals surface area contributed by atoms with Crippen LogP contribution in [0.2, 0.25) is 5.15 Å². The maximum Gasteiger partial charge on any atom is 0.261 e. The number of carbonyl (C=O) groups excluding carboxylic acids is 1. The molecular formula is C10H8ClN3O2. The number of carbonyl (C=O) groups is 1. The molecule has 2 aromatic heterocycles. The molecule has 0 radical (unpaired) electrons. The Morgan fingerprint density at radius 2 is 2.31 bits per heavy atom. The molecule has 0 fully saturated rings. The molecule has 2 aromatic rings. The summed E-state index contributed by atoms with van der Waals surface area (Å²) in [6, 6.07) is 3.15. The molecule has 0 saturated carbocycles. The molecule has 1 N–H and O–H groups in total. The minimum absolute atomic E-state index is 0.177. The van der Waals surface area contributed by atoms with Crippen LogP contribution in [-0.2, 0) is 0 Å². The van der Waals surface area contributed by atoms with E-state index in [1.807, 2.05) is 0 Å². The van der Waals surface area contributed by atoms with Gasteiger partial charge in [-0.3, -0.25) is 10.1 Å². The Balaban J connectivity index is 2.18. The number of nitrogens with zero attached hydrogens (tertiary/aromatic N) is 2. The minimum Gasteiger partial charge on any atom is -0.472 e. The monoisotopic (exact) mass is 237 g/mol. The molecule has 0 aliphatic carbocycles. The number of aryl methyl sites for hydroxylation is 1. The lowest BCUT2D eigenvalue weighted by molar-refractivity contribution is 0.102. The Morgan fingerprint density at radius 3 is 2.94 bits per heavy atom. The highest BCUT2D eigenvalue weighted by Gasteiger charge is 2.09. The van der Waals surface area contributed by atoms with Gasteiger partial charge in [0, 0.05) is 5.69 Å². The molecule has 0 atom stereocenters. The highest BCUT2D eigenvalue weighted by Crippen LogP contribution is 2.10. The molecule has 0 bridgehead atoms. The fourth-order valence-corrected chi connectivity index (χ4v) is 1.39. The van der Waals surface area contributed by atoms with Crippen molar-refractivity contribution in [2.24, 2.45) is 0 Å². The van der Waals surface area contributed by atoms with Gasteiger partial charge in [-0.1, -0.05) is 11.6 Å². The van der Waals surface area contributed by atoms with Gasteiger partial charge in [0.1, 0.15) is 11.4 Å². The fourth-order valence-electron chi connectivity index (χ4n) is 1.15. The van der Waals surface area contributed by atoms with Crippen LogP contribution < -0.4 is 5.32 Å². The Kier molecular flexibility index (Phi) is 2.87. The maximum atomic E-state index is 11.6. The van der Waals surface area contributed by atoms with Crippen LogP contribution in [0.1, 0.15) is 16.1 Å². The predicted molar refractivity (Wildman–Crippen MR) is 58.4 cm³/mol. The van der Waals surface area contributed by atoms with Crippen LogP contribution in [0.5, 0.6) is 0 Å². The second kappa shape index (κ2) is 4.32. The van der Waals surface area contributed by atoms with Crippen LogP contribution in [0, 0.1) is 6.92 Å². The number of aromatic nitrogens is 2. The molecule has 5 nitrogen and oxygen atoms in total. The lowest BCUT2D eigenvalue weighted by atomic mass is 10.3. The zero-order valence-electron chi connectivity index (χ0n) is 8.40. The lowest BCUT2D eigenvalue weighted by Crippen LogP contribution is -2.13. The van der Waals surface area contributed by atoms with Gasteiger partial charge in [-0.25, -0.2) is 9.97 Å². The summed E-state index contributed by atoms with van der Waals surface area (Å²) < 4.78 is 4.79. The number of amides is 1. The van der Waals surface area contributed by atoms with E-state index < -0.39 is 0 Å². The van der Waals surface area contributed by atoms with E-state index in [-0.39, 0.29) is 17.0 Å². The van der Waals surface area contributed by atoms with Crippen LogP contribution in [0.15, 0.2) is 29.1 Å². The first-order valence-corrected chi connectivity index (χ1v) is 4.87. The molecule has 0 spiro atoms. The summed E-state index contributed by atoms with van der Waals surface area (Å²) in [5.41, 5.74) is 1.09. The van der Waals surface area contributed by atoms with Crippen molar-refractivity contribution in [3.05, 3.63) is 41.1 Å². The number of hydrogen-bond donors (Lipinski definition) is 1. The van der Waals surface area contributed by atoms with Crippen molar-refractivity contribution in [3.63, 3.8) is 0 Å². The molecule has 0 aromatic carbocycles. The lowest BCUT2D eigenvalue weighted by Gasteiger charge is -2.02. The van der Waals surface area contributed by atoms with Crippen molar-refractivity contribution in [3.8, 4) is 0 Å². The highest BCUT2D eigenvalue weighted by molar-refractivity contribution is 6.29. The summed E-state index contributed by atoms with van der Waals surface area (Å²) in [7, 11) is 0. The Hall–Kier alpha value is -1.88. The number of furan rings is 1. The van der Waals surface area contributed by atoms with Crippen molar-refractivity contribution in [1.29, 1.82) is 0 Å². The molecule has 6 heteroatoms. The van der Waals surface area contributed by atoms with E-state index in [0.29, 0.717) is 11.3 Å². The topological polar surface area (TPSA) is 68.0 Å². The maximum absolute atomic E-state index is 11.6. The quantitative estimate of drug-likeness (QED) is 0.814. The minimum atomic E-state index is -0.338. The van der Waals surface area contributed by atoms with Crippen molar-refractivity contribution in [2.45, 2.75) is 6.92 Å². The third-order valence-corrected chi connectivity index (χ3v) is 2.03. The van der Waals surface area contributed by atoms with Gasteiger partial charge in [-0.05, 0) is 19.1 Å². The Labute approximate surface area is 96.5 Å². The standard InChI is InChI=1S/C10H8ClN3O2/c1-6-4-8(11)13-10(12-6)14-9(15)7-2-3-16-5-7/h2-5H,1H3,(H,12,13,14,15). The van der Waals surface area contributed by atoms with Crippen molar-refractivity contribution in [2.75, 3.05) is 5.32 Å². The van der Waals surface area contributed by atoms with Crippen LogP contribution >= 0.6 is 11.6 Å². The summed E-state index contributed by atoms with van der Waals surface area (Å²) in [5.74, 6) is -0.161. The number of anilines is 1. The average molecular weight is 238 g/mol. The second-order valence-corrected chi connectivity index (χ2v) is 3.51. The van der Waals surface area contributed by atoms with E-state index in [2.05, 4.69) is 15.3 Å². The molecule has 82 valence electrons. The number of rotatable bonds is 2. The van der Waals surface area contributed by atoms with Gasteiger partial charge in [0.2, 0.25) is 5.95 Å². The zero-order chi connectivity index (χ0) is 11.5. The first-order valence-electron chi connectivity index (χ1n) is 4.50. The van der Waals surface area contributed by atoms with E-state index in [4.69, 9.17) is 16.0 Å². The predicted octanol–water partition coefficient (Wildman–Crippen LogP) is 2.28. The molecule has 2 rings (SSSR count). The number of nitrogens with one attached hydrogen (secondary N) is 1. The Bertz CT molecular complexity index is 491. The van der Waals surface area contributed by atoms with E-state index in [1.165, 1.54) is 12.5 Å². The number of hydrogen-bond acceptors (Lipinski definition) is 4. The highest BCUT2D eigenvalue weighted by atomic mass is 35.5. The van der Waals surface area contributed by atoms with E-state index >= 15 is 0 Å². The average Bonchev–Trinajstić information content (AvgIpc) is 2.68. The van der Waals surface area contributed by atoms with Crippen LogP contribution in [0.4, 0.5) is 5.95 Å². The third-order valence-electron chi connectivity index (χ3n) is 1.83. The van der Waals surface area contributed by atoms with E-state index in [9.17, 15) is 4.79 Å². The largest absolute Gasteiger partial charge is 0.472 e. The van der Waals surface area contributed by atoms with Gasteiger partial charge < -0.3 is 4.42 Å². The van der Waals surface area contributed by atoms with E-state index in [1.54, 1.807) is 19.1 Å². The molecule has 16 heavy (non-hydrogen) atoms. The molecule has 1 amide bonds. The molecule has 0 unspecified atom stereocenters. The third kappa shape index (κ3) is 2.38. The van der Waals surface area contributed by atoms with Crippen LogP contribution in [0.25, 0.3) is 0 Å². The smallest absolute Gasteiger partial charge is 0.261 e. The summed E-state index contributed by atoms with van der Waals surface area (Å²) in [4.78, 5) is 19.5. The summed E-state index contributed by atoms with van der Waals surface area (Å²) in [5, 5.41) is 2.81.